The molecule has 1 amide bonds. The summed E-state index contributed by atoms with van der Waals surface area (Å²) in [5.74, 6) is 0. The summed E-state index contributed by atoms with van der Waals surface area (Å²) in [6.07, 6.45) is 0.0665. The van der Waals surface area contributed by atoms with Crippen molar-refractivity contribution in [2.75, 3.05) is 6.54 Å². The Morgan fingerprint density at radius 1 is 1.55 bits per heavy atom. The minimum atomic E-state index is -0.934. The predicted octanol–water partition coefficient (Wildman–Crippen LogP) is 0.510. The lowest BCUT2D eigenvalue weighted by atomic mass is 10.0. The first kappa shape index (κ1) is 8.33. The van der Waals surface area contributed by atoms with Crippen LogP contribution in [-0.2, 0) is 0 Å². The fourth-order valence-electron chi connectivity index (χ4n) is 1.35. The van der Waals surface area contributed by atoms with Gasteiger partial charge >= 0.3 is 6.09 Å². The van der Waals surface area contributed by atoms with E-state index in [-0.39, 0.29) is 12.6 Å². The molecule has 4 heteroatoms. The third-order valence-electron chi connectivity index (χ3n) is 2.10. The molecular formula is C7H13NO3. The molecule has 11 heavy (non-hydrogen) atoms. The van der Waals surface area contributed by atoms with E-state index in [2.05, 4.69) is 0 Å². The largest absolute Gasteiger partial charge is 0.465 e. The summed E-state index contributed by atoms with van der Waals surface area (Å²) in [6, 6.07) is 0.0518. The van der Waals surface area contributed by atoms with Crippen molar-refractivity contribution < 1.29 is 15.0 Å². The van der Waals surface area contributed by atoms with Crippen LogP contribution in [0.25, 0.3) is 0 Å². The molecule has 64 valence electrons. The van der Waals surface area contributed by atoms with Gasteiger partial charge in [-0.3, -0.25) is 0 Å². The maximum Gasteiger partial charge on any atom is 0.407 e. The number of rotatable bonds is 0. The van der Waals surface area contributed by atoms with Gasteiger partial charge in [0.05, 0.1) is 12.6 Å². The molecule has 1 fully saturated rings. The molecule has 0 aromatic carbocycles. The molecule has 0 aromatic heterocycles. The molecular weight excluding hydrogens is 146 g/mol. The summed E-state index contributed by atoms with van der Waals surface area (Å²) < 4.78 is 0. The third-order valence-corrected chi connectivity index (χ3v) is 2.10. The van der Waals surface area contributed by atoms with Crippen LogP contribution in [0.5, 0.6) is 0 Å². The van der Waals surface area contributed by atoms with Gasteiger partial charge < -0.3 is 15.1 Å². The van der Waals surface area contributed by atoms with Crippen molar-refractivity contribution in [1.29, 1.82) is 0 Å². The number of amides is 1. The first-order valence-electron chi connectivity index (χ1n) is 3.79. The van der Waals surface area contributed by atoms with E-state index in [1.807, 2.05) is 6.92 Å². The van der Waals surface area contributed by atoms with Gasteiger partial charge in [0.25, 0.3) is 0 Å². The Balaban J connectivity index is 2.54. The standard InChI is InChI=1S/C7H13NO3/c1-5-2-3-6(9)4-8(5)7(10)11/h5-6,9H,2-4H2,1H3,(H,10,11)/t5-,6+/m0/s1. The number of hydrogen-bond donors (Lipinski definition) is 2. The van der Waals surface area contributed by atoms with Gasteiger partial charge in [0.2, 0.25) is 0 Å². The van der Waals surface area contributed by atoms with E-state index in [4.69, 9.17) is 10.2 Å². The van der Waals surface area contributed by atoms with Crippen LogP contribution in [-0.4, -0.2) is 39.9 Å². The Labute approximate surface area is 65.4 Å². The average molecular weight is 159 g/mol. The molecule has 0 bridgehead atoms. The van der Waals surface area contributed by atoms with Crippen LogP contribution in [0.4, 0.5) is 4.79 Å². The predicted molar refractivity (Wildman–Crippen MR) is 39.4 cm³/mol. The Morgan fingerprint density at radius 2 is 2.18 bits per heavy atom. The van der Waals surface area contributed by atoms with Crippen LogP contribution >= 0.6 is 0 Å². The summed E-state index contributed by atoms with van der Waals surface area (Å²) in [4.78, 5) is 11.8. The summed E-state index contributed by atoms with van der Waals surface area (Å²) in [7, 11) is 0. The molecule has 2 atom stereocenters. The molecule has 0 aromatic rings. The SMILES string of the molecule is C[C@H]1CC[C@@H](O)CN1C(=O)O. The van der Waals surface area contributed by atoms with E-state index >= 15 is 0 Å². The minimum Gasteiger partial charge on any atom is -0.465 e. The number of aliphatic hydroxyl groups excluding tert-OH is 1. The van der Waals surface area contributed by atoms with Gasteiger partial charge in [-0.1, -0.05) is 0 Å². The van der Waals surface area contributed by atoms with E-state index < -0.39 is 12.2 Å². The third kappa shape index (κ3) is 1.83. The molecule has 1 saturated heterocycles. The van der Waals surface area contributed by atoms with Crippen LogP contribution in [0.15, 0.2) is 0 Å². The molecule has 1 aliphatic heterocycles. The quantitative estimate of drug-likeness (QED) is 0.541. The highest BCUT2D eigenvalue weighted by Gasteiger charge is 2.27. The fourth-order valence-corrected chi connectivity index (χ4v) is 1.35. The van der Waals surface area contributed by atoms with Gasteiger partial charge in [-0.2, -0.15) is 0 Å². The highest BCUT2D eigenvalue weighted by molar-refractivity contribution is 5.65. The molecule has 2 N–H and O–H groups in total. The van der Waals surface area contributed by atoms with Crippen molar-refractivity contribution in [3.8, 4) is 0 Å². The highest BCUT2D eigenvalue weighted by Crippen LogP contribution is 2.16. The van der Waals surface area contributed by atoms with E-state index in [0.717, 1.165) is 6.42 Å². The smallest absolute Gasteiger partial charge is 0.407 e. The van der Waals surface area contributed by atoms with Gasteiger partial charge in [0.1, 0.15) is 0 Å². The number of piperidine rings is 1. The van der Waals surface area contributed by atoms with Gasteiger partial charge in [0, 0.05) is 6.04 Å². The second kappa shape index (κ2) is 3.09. The van der Waals surface area contributed by atoms with E-state index in [0.29, 0.717) is 6.42 Å². The van der Waals surface area contributed by atoms with Crippen molar-refractivity contribution >= 4 is 6.09 Å². The lowest BCUT2D eigenvalue weighted by molar-refractivity contribution is 0.0420. The van der Waals surface area contributed by atoms with Crippen molar-refractivity contribution in [3.63, 3.8) is 0 Å². The molecule has 0 radical (unpaired) electrons. The average Bonchev–Trinajstić information content (AvgIpc) is 1.94. The molecule has 1 aliphatic rings. The monoisotopic (exact) mass is 159 g/mol. The lowest BCUT2D eigenvalue weighted by Gasteiger charge is -2.33. The first-order chi connectivity index (χ1) is 5.11. The second-order valence-corrected chi connectivity index (χ2v) is 3.02. The number of nitrogens with zero attached hydrogens (tertiary/aromatic N) is 1. The number of carboxylic acid groups (broad SMARTS) is 1. The highest BCUT2D eigenvalue weighted by atomic mass is 16.4. The normalized spacial score (nSPS) is 32.0. The van der Waals surface area contributed by atoms with Crippen molar-refractivity contribution in [1.82, 2.24) is 4.90 Å². The number of aliphatic hydroxyl groups is 1. The van der Waals surface area contributed by atoms with Crippen molar-refractivity contribution in [2.45, 2.75) is 31.9 Å². The van der Waals surface area contributed by atoms with Gasteiger partial charge in [0.15, 0.2) is 0 Å². The minimum absolute atomic E-state index is 0.0518. The zero-order valence-electron chi connectivity index (χ0n) is 6.53. The zero-order valence-corrected chi connectivity index (χ0v) is 6.53. The van der Waals surface area contributed by atoms with Crippen LogP contribution < -0.4 is 0 Å². The van der Waals surface area contributed by atoms with Crippen molar-refractivity contribution in [2.24, 2.45) is 0 Å². The maximum absolute atomic E-state index is 10.5. The summed E-state index contributed by atoms with van der Waals surface area (Å²) in [5.41, 5.74) is 0. The Kier molecular flexibility index (Phi) is 2.34. The number of carbonyl (C=O) groups is 1. The van der Waals surface area contributed by atoms with Crippen LogP contribution in [0.2, 0.25) is 0 Å². The molecule has 0 spiro atoms. The Hall–Kier alpha value is -0.770. The molecule has 1 heterocycles. The van der Waals surface area contributed by atoms with Gasteiger partial charge in [-0.15, -0.1) is 0 Å². The summed E-state index contributed by atoms with van der Waals surface area (Å²) in [5, 5.41) is 17.8. The Bertz CT molecular complexity index is 160. The molecule has 0 saturated carbocycles. The second-order valence-electron chi connectivity index (χ2n) is 3.02. The van der Waals surface area contributed by atoms with Crippen molar-refractivity contribution in [3.05, 3.63) is 0 Å². The fraction of sp³-hybridized carbons (Fsp3) is 0.857. The van der Waals surface area contributed by atoms with Gasteiger partial charge in [-0.05, 0) is 19.8 Å². The lowest BCUT2D eigenvalue weighted by Crippen LogP contribution is -2.46. The van der Waals surface area contributed by atoms with Crippen LogP contribution in [0, 0.1) is 0 Å². The van der Waals surface area contributed by atoms with Crippen LogP contribution in [0.1, 0.15) is 19.8 Å². The summed E-state index contributed by atoms with van der Waals surface area (Å²) in [6.45, 7) is 2.12. The first-order valence-corrected chi connectivity index (χ1v) is 3.79. The number of likely N-dealkylation sites (tertiary alicyclic amines) is 1. The molecule has 4 nitrogen and oxygen atoms in total. The maximum atomic E-state index is 10.5. The van der Waals surface area contributed by atoms with E-state index in [1.54, 1.807) is 0 Å². The van der Waals surface area contributed by atoms with Crippen LogP contribution in [0.3, 0.4) is 0 Å². The van der Waals surface area contributed by atoms with Gasteiger partial charge in [-0.25, -0.2) is 4.79 Å². The molecule has 0 aliphatic carbocycles. The van der Waals surface area contributed by atoms with E-state index in [1.165, 1.54) is 4.90 Å². The number of hydrogen-bond acceptors (Lipinski definition) is 2. The van der Waals surface area contributed by atoms with E-state index in [9.17, 15) is 4.79 Å². The molecule has 0 unspecified atom stereocenters. The topological polar surface area (TPSA) is 60.8 Å². The zero-order chi connectivity index (χ0) is 8.43. The molecule has 1 rings (SSSR count). The Morgan fingerprint density at radius 3 is 2.64 bits per heavy atom. The summed E-state index contributed by atoms with van der Waals surface area (Å²) >= 11 is 0. The number of β-amino-alcohol motifs (C(OH)–C–C–N with tert-alkyl or cyclic N) is 1.